The van der Waals surface area contributed by atoms with Crippen LogP contribution in [-0.4, -0.2) is 30.2 Å². The molecule has 1 aromatic rings. The highest BCUT2D eigenvalue weighted by Gasteiger charge is 2.09. The van der Waals surface area contributed by atoms with E-state index in [0.29, 0.717) is 17.9 Å². The van der Waals surface area contributed by atoms with Crippen LogP contribution in [0.15, 0.2) is 29.4 Å². The Labute approximate surface area is 105 Å². The third kappa shape index (κ3) is 4.06. The van der Waals surface area contributed by atoms with Crippen molar-refractivity contribution in [2.45, 2.75) is 13.3 Å². The van der Waals surface area contributed by atoms with Crippen molar-refractivity contribution >= 4 is 17.4 Å². The lowest BCUT2D eigenvalue weighted by Gasteiger charge is -2.09. The molecule has 0 atom stereocenters. The number of carbonyl (C=O) groups excluding carboxylic acids is 1. The SMILES string of the molecule is CCCOCC(=O)Nc1ccccc1/C(N)=N/O. The molecule has 0 spiro atoms. The molecule has 0 saturated heterocycles. The molecule has 0 aliphatic rings. The van der Waals surface area contributed by atoms with Gasteiger partial charge in [-0.3, -0.25) is 4.79 Å². The van der Waals surface area contributed by atoms with Gasteiger partial charge in [0.25, 0.3) is 0 Å². The molecule has 6 nitrogen and oxygen atoms in total. The minimum Gasteiger partial charge on any atom is -0.409 e. The quantitative estimate of drug-likeness (QED) is 0.232. The zero-order valence-electron chi connectivity index (χ0n) is 10.2. The first-order valence-corrected chi connectivity index (χ1v) is 5.63. The molecule has 0 fully saturated rings. The number of hydrogen-bond donors (Lipinski definition) is 3. The number of nitrogens with two attached hydrogens (primary N) is 1. The topological polar surface area (TPSA) is 96.9 Å². The van der Waals surface area contributed by atoms with Crippen molar-refractivity contribution in [2.75, 3.05) is 18.5 Å². The number of hydrogen-bond acceptors (Lipinski definition) is 4. The average Bonchev–Trinajstić information content (AvgIpc) is 2.39. The standard InChI is InChI=1S/C12H17N3O3/c1-2-7-18-8-11(16)14-10-6-4-3-5-9(10)12(13)15-17/h3-6,17H,2,7-8H2,1H3,(H2,13,15)(H,14,16). The number of nitrogens with zero attached hydrogens (tertiary/aromatic N) is 1. The lowest BCUT2D eigenvalue weighted by molar-refractivity contribution is -0.120. The monoisotopic (exact) mass is 251 g/mol. The minimum absolute atomic E-state index is 0.0155. The van der Waals surface area contributed by atoms with Gasteiger partial charge < -0.3 is 21.0 Å². The number of benzene rings is 1. The van der Waals surface area contributed by atoms with Crippen LogP contribution >= 0.6 is 0 Å². The van der Waals surface area contributed by atoms with Crippen LogP contribution in [0.25, 0.3) is 0 Å². The number of amidine groups is 1. The van der Waals surface area contributed by atoms with Crippen molar-refractivity contribution in [3.05, 3.63) is 29.8 Å². The van der Waals surface area contributed by atoms with Crippen LogP contribution in [-0.2, 0) is 9.53 Å². The Morgan fingerprint density at radius 1 is 1.50 bits per heavy atom. The van der Waals surface area contributed by atoms with Crippen LogP contribution in [0, 0.1) is 0 Å². The summed E-state index contributed by atoms with van der Waals surface area (Å²) >= 11 is 0. The first kappa shape index (κ1) is 14.0. The molecule has 0 aliphatic heterocycles. The fourth-order valence-corrected chi connectivity index (χ4v) is 1.36. The molecule has 0 unspecified atom stereocenters. The zero-order valence-corrected chi connectivity index (χ0v) is 10.2. The van der Waals surface area contributed by atoms with Gasteiger partial charge in [-0.15, -0.1) is 0 Å². The van der Waals surface area contributed by atoms with Gasteiger partial charge >= 0.3 is 0 Å². The summed E-state index contributed by atoms with van der Waals surface area (Å²) in [5.74, 6) is -0.331. The maximum atomic E-state index is 11.6. The second-order valence-electron chi connectivity index (χ2n) is 3.63. The summed E-state index contributed by atoms with van der Waals surface area (Å²) in [4.78, 5) is 11.6. The Balaban J connectivity index is 2.69. The van der Waals surface area contributed by atoms with Crippen LogP contribution in [0.3, 0.4) is 0 Å². The van der Waals surface area contributed by atoms with E-state index in [9.17, 15) is 4.79 Å². The summed E-state index contributed by atoms with van der Waals surface area (Å²) in [6.45, 7) is 2.49. The van der Waals surface area contributed by atoms with Gasteiger partial charge in [-0.25, -0.2) is 0 Å². The smallest absolute Gasteiger partial charge is 0.250 e. The van der Waals surface area contributed by atoms with Crippen LogP contribution in [0.5, 0.6) is 0 Å². The Kier molecular flexibility index (Phi) is 5.66. The summed E-state index contributed by atoms with van der Waals surface area (Å²) in [6.07, 6.45) is 0.855. The molecule has 4 N–H and O–H groups in total. The summed E-state index contributed by atoms with van der Waals surface area (Å²) in [6, 6.07) is 6.80. The highest BCUT2D eigenvalue weighted by Crippen LogP contribution is 2.14. The predicted octanol–water partition coefficient (Wildman–Crippen LogP) is 1.15. The first-order valence-electron chi connectivity index (χ1n) is 5.63. The maximum Gasteiger partial charge on any atom is 0.250 e. The molecule has 0 heterocycles. The summed E-state index contributed by atoms with van der Waals surface area (Å²) in [5.41, 5.74) is 6.46. The van der Waals surface area contributed by atoms with Crippen LogP contribution < -0.4 is 11.1 Å². The second kappa shape index (κ2) is 7.29. The average molecular weight is 251 g/mol. The minimum atomic E-state index is -0.276. The Bertz CT molecular complexity index is 432. The van der Waals surface area contributed by atoms with Crippen molar-refractivity contribution in [3.63, 3.8) is 0 Å². The predicted molar refractivity (Wildman–Crippen MR) is 68.7 cm³/mol. The van der Waals surface area contributed by atoms with E-state index in [1.807, 2.05) is 6.92 Å². The van der Waals surface area contributed by atoms with Crippen molar-refractivity contribution < 1.29 is 14.7 Å². The molecule has 1 aromatic carbocycles. The fraction of sp³-hybridized carbons (Fsp3) is 0.333. The van der Waals surface area contributed by atoms with Gasteiger partial charge in [-0.2, -0.15) is 0 Å². The van der Waals surface area contributed by atoms with E-state index >= 15 is 0 Å². The summed E-state index contributed by atoms with van der Waals surface area (Å²) in [5, 5.41) is 14.2. The molecular formula is C12H17N3O3. The van der Waals surface area contributed by atoms with Gasteiger partial charge in [-0.05, 0) is 18.6 Å². The number of para-hydroxylation sites is 1. The first-order chi connectivity index (χ1) is 8.69. The van der Waals surface area contributed by atoms with Gasteiger partial charge in [0.2, 0.25) is 5.91 Å². The molecule has 0 aliphatic carbocycles. The van der Waals surface area contributed by atoms with Crippen LogP contribution in [0.4, 0.5) is 5.69 Å². The molecule has 98 valence electrons. The van der Waals surface area contributed by atoms with Gasteiger partial charge in [-0.1, -0.05) is 24.2 Å². The Morgan fingerprint density at radius 3 is 2.89 bits per heavy atom. The number of nitrogens with one attached hydrogen (secondary N) is 1. The Hall–Kier alpha value is -2.08. The molecule has 1 amide bonds. The number of amides is 1. The van der Waals surface area contributed by atoms with Gasteiger partial charge in [0, 0.05) is 12.2 Å². The van der Waals surface area contributed by atoms with Gasteiger partial charge in [0.15, 0.2) is 5.84 Å². The third-order valence-corrected chi connectivity index (χ3v) is 2.17. The van der Waals surface area contributed by atoms with E-state index in [1.165, 1.54) is 0 Å². The highest BCUT2D eigenvalue weighted by atomic mass is 16.5. The molecular weight excluding hydrogens is 234 g/mol. The van der Waals surface area contributed by atoms with Crippen molar-refractivity contribution in [2.24, 2.45) is 10.9 Å². The van der Waals surface area contributed by atoms with E-state index in [-0.39, 0.29) is 18.3 Å². The summed E-state index contributed by atoms with van der Waals surface area (Å²) < 4.78 is 5.12. The lowest BCUT2D eigenvalue weighted by Crippen LogP contribution is -2.22. The normalized spacial score (nSPS) is 11.3. The molecule has 0 aromatic heterocycles. The van der Waals surface area contributed by atoms with Crippen molar-refractivity contribution in [1.29, 1.82) is 0 Å². The lowest BCUT2D eigenvalue weighted by atomic mass is 10.1. The molecule has 6 heteroatoms. The van der Waals surface area contributed by atoms with Crippen molar-refractivity contribution in [3.8, 4) is 0 Å². The molecule has 0 bridgehead atoms. The number of ether oxygens (including phenoxy) is 1. The number of oxime groups is 1. The van der Waals surface area contributed by atoms with Crippen molar-refractivity contribution in [1.82, 2.24) is 0 Å². The fourth-order valence-electron chi connectivity index (χ4n) is 1.36. The van der Waals surface area contributed by atoms with Gasteiger partial charge in [0.05, 0.1) is 5.69 Å². The molecule has 1 rings (SSSR count). The van der Waals surface area contributed by atoms with E-state index in [4.69, 9.17) is 15.7 Å². The largest absolute Gasteiger partial charge is 0.409 e. The zero-order chi connectivity index (χ0) is 13.4. The number of carbonyl (C=O) groups is 1. The highest BCUT2D eigenvalue weighted by molar-refractivity contribution is 6.05. The number of rotatable bonds is 6. The summed E-state index contributed by atoms with van der Waals surface area (Å²) in [7, 11) is 0. The van der Waals surface area contributed by atoms with Crippen LogP contribution in [0.2, 0.25) is 0 Å². The number of anilines is 1. The third-order valence-electron chi connectivity index (χ3n) is 2.17. The van der Waals surface area contributed by atoms with Gasteiger partial charge in [0.1, 0.15) is 6.61 Å². The van der Waals surface area contributed by atoms with E-state index < -0.39 is 0 Å². The molecule has 0 radical (unpaired) electrons. The van der Waals surface area contributed by atoms with E-state index in [1.54, 1.807) is 24.3 Å². The molecule has 18 heavy (non-hydrogen) atoms. The van der Waals surface area contributed by atoms with E-state index in [0.717, 1.165) is 6.42 Å². The molecule has 0 saturated carbocycles. The maximum absolute atomic E-state index is 11.6. The van der Waals surface area contributed by atoms with E-state index in [2.05, 4.69) is 10.5 Å². The Morgan fingerprint density at radius 2 is 2.22 bits per heavy atom. The van der Waals surface area contributed by atoms with Crippen LogP contribution in [0.1, 0.15) is 18.9 Å². The second-order valence-corrected chi connectivity index (χ2v) is 3.63.